The van der Waals surface area contributed by atoms with Gasteiger partial charge >= 0.3 is 0 Å². The third-order valence-corrected chi connectivity index (χ3v) is 5.70. The smallest absolute Gasteiger partial charge is 0.252 e. The van der Waals surface area contributed by atoms with Gasteiger partial charge in [0.05, 0.1) is 12.2 Å². The first kappa shape index (κ1) is 17.9. The minimum Gasteiger partial charge on any atom is -0.383 e. The van der Waals surface area contributed by atoms with Crippen LogP contribution >= 0.6 is 0 Å². The van der Waals surface area contributed by atoms with E-state index < -0.39 is 0 Å². The number of hydrogen-bond donors (Lipinski definition) is 1. The van der Waals surface area contributed by atoms with Crippen LogP contribution in [0.5, 0.6) is 0 Å². The zero-order valence-electron chi connectivity index (χ0n) is 15.1. The number of carbonyl (C=O) groups is 2. The van der Waals surface area contributed by atoms with E-state index in [-0.39, 0.29) is 23.3 Å². The largest absolute Gasteiger partial charge is 0.383 e. The minimum absolute atomic E-state index is 0.00453. The molecule has 0 radical (unpaired) electrons. The number of rotatable bonds is 6. The van der Waals surface area contributed by atoms with Crippen LogP contribution in [0, 0.1) is 12.3 Å². The maximum Gasteiger partial charge on any atom is 0.252 e. The van der Waals surface area contributed by atoms with Crippen LogP contribution in [0.25, 0.3) is 0 Å². The fourth-order valence-corrected chi connectivity index (χ4v) is 4.30. The Hall–Kier alpha value is -1.95. The number of likely N-dealkylation sites (tertiary alicyclic amines) is 1. The summed E-state index contributed by atoms with van der Waals surface area (Å²) in [5, 5.41) is 3.09. The lowest BCUT2D eigenvalue weighted by atomic mass is 9.74. The molecule has 1 aliphatic heterocycles. The van der Waals surface area contributed by atoms with Crippen LogP contribution in [0.15, 0.2) is 18.3 Å². The van der Waals surface area contributed by atoms with Gasteiger partial charge in [-0.25, -0.2) is 0 Å². The number of aryl methyl sites for hydroxylation is 1. The second-order valence-electron chi connectivity index (χ2n) is 7.22. The van der Waals surface area contributed by atoms with E-state index in [9.17, 15) is 9.59 Å². The Morgan fingerprint density at radius 3 is 3.00 bits per heavy atom. The molecule has 2 aliphatic rings. The van der Waals surface area contributed by atoms with Crippen LogP contribution < -0.4 is 5.32 Å². The van der Waals surface area contributed by atoms with Gasteiger partial charge in [-0.2, -0.15) is 0 Å². The lowest BCUT2D eigenvalue weighted by Gasteiger charge is -2.46. The fraction of sp³-hybridized carbons (Fsp3) is 0.632. The topological polar surface area (TPSA) is 71.5 Å². The number of hydrogen-bond acceptors (Lipinski definition) is 4. The molecule has 0 bridgehead atoms. The molecular formula is C19H27N3O3. The summed E-state index contributed by atoms with van der Waals surface area (Å²) in [6.45, 7) is 3.70. The Labute approximate surface area is 148 Å². The molecular weight excluding hydrogens is 318 g/mol. The highest BCUT2D eigenvalue weighted by atomic mass is 16.5. The number of pyridine rings is 1. The van der Waals surface area contributed by atoms with Crippen molar-refractivity contribution in [3.63, 3.8) is 0 Å². The Morgan fingerprint density at radius 1 is 1.44 bits per heavy atom. The number of amides is 2. The van der Waals surface area contributed by atoms with E-state index in [0.29, 0.717) is 31.7 Å². The molecule has 6 nitrogen and oxygen atoms in total. The van der Waals surface area contributed by atoms with E-state index in [1.54, 1.807) is 19.4 Å². The number of ether oxygens (including phenoxy) is 1. The number of nitrogens with one attached hydrogen (secondary N) is 1. The average Bonchev–Trinajstić information content (AvgIpc) is 3.04. The monoisotopic (exact) mass is 345 g/mol. The van der Waals surface area contributed by atoms with E-state index in [1.165, 1.54) is 0 Å². The molecule has 2 heterocycles. The van der Waals surface area contributed by atoms with Gasteiger partial charge in [0.25, 0.3) is 5.91 Å². The van der Waals surface area contributed by atoms with Gasteiger partial charge in [0.2, 0.25) is 5.91 Å². The molecule has 6 heteroatoms. The summed E-state index contributed by atoms with van der Waals surface area (Å²) in [5.74, 6) is 0.126. The number of nitrogens with zero attached hydrogens (tertiary/aromatic N) is 2. The lowest BCUT2D eigenvalue weighted by molar-refractivity contribution is -0.142. The molecule has 25 heavy (non-hydrogen) atoms. The highest BCUT2D eigenvalue weighted by Crippen LogP contribution is 2.47. The van der Waals surface area contributed by atoms with Crippen molar-refractivity contribution in [3.8, 4) is 0 Å². The standard InChI is InChI=1S/C19H27N3O3/c1-14-5-6-15(12-20-14)18(24)21-13-19-8-3-4-16(19)22(10-11-25-2)17(23)7-9-19/h5-6,12,16H,3-4,7-11,13H2,1-2H3,(H,21,24). The van der Waals surface area contributed by atoms with Crippen LogP contribution in [0.1, 0.15) is 48.2 Å². The van der Waals surface area contributed by atoms with Gasteiger partial charge in [-0.1, -0.05) is 6.42 Å². The van der Waals surface area contributed by atoms with Gasteiger partial charge < -0.3 is 15.0 Å². The van der Waals surface area contributed by atoms with Gasteiger partial charge in [-0.15, -0.1) is 0 Å². The minimum atomic E-state index is -0.0899. The zero-order valence-corrected chi connectivity index (χ0v) is 15.1. The fourth-order valence-electron chi connectivity index (χ4n) is 4.30. The van der Waals surface area contributed by atoms with Crippen LogP contribution in [-0.2, 0) is 9.53 Å². The van der Waals surface area contributed by atoms with E-state index >= 15 is 0 Å². The molecule has 2 atom stereocenters. The van der Waals surface area contributed by atoms with Crippen molar-refractivity contribution in [1.82, 2.24) is 15.2 Å². The van der Waals surface area contributed by atoms with Crippen LogP contribution in [0.3, 0.4) is 0 Å². The quantitative estimate of drug-likeness (QED) is 0.855. The molecule has 1 aliphatic carbocycles. The Bertz CT molecular complexity index is 631. The molecule has 1 aromatic rings. The molecule has 3 rings (SSSR count). The van der Waals surface area contributed by atoms with Gasteiger partial charge in [-0.05, 0) is 38.3 Å². The Kier molecular flexibility index (Phi) is 5.37. The number of carbonyl (C=O) groups excluding carboxylic acids is 2. The Balaban J connectivity index is 1.68. The first-order chi connectivity index (χ1) is 12.1. The second-order valence-corrected chi connectivity index (χ2v) is 7.22. The van der Waals surface area contributed by atoms with Crippen LogP contribution in [-0.4, -0.2) is 54.5 Å². The van der Waals surface area contributed by atoms with E-state index in [2.05, 4.69) is 10.3 Å². The van der Waals surface area contributed by atoms with E-state index in [0.717, 1.165) is 31.4 Å². The number of methoxy groups -OCH3 is 1. The van der Waals surface area contributed by atoms with Crippen molar-refractivity contribution in [3.05, 3.63) is 29.6 Å². The summed E-state index contributed by atoms with van der Waals surface area (Å²) < 4.78 is 5.17. The molecule has 2 unspecified atom stereocenters. The maximum absolute atomic E-state index is 12.5. The third-order valence-electron chi connectivity index (χ3n) is 5.70. The van der Waals surface area contributed by atoms with Crippen LogP contribution in [0.2, 0.25) is 0 Å². The molecule has 1 saturated carbocycles. The normalized spacial score (nSPS) is 25.8. The summed E-state index contributed by atoms with van der Waals surface area (Å²) in [6.07, 6.45) is 6.19. The van der Waals surface area contributed by atoms with Crippen molar-refractivity contribution in [1.29, 1.82) is 0 Å². The van der Waals surface area contributed by atoms with E-state index in [1.807, 2.05) is 17.9 Å². The number of aromatic nitrogens is 1. The lowest BCUT2D eigenvalue weighted by Crippen LogP contribution is -2.56. The molecule has 0 spiro atoms. The zero-order chi connectivity index (χ0) is 17.9. The summed E-state index contributed by atoms with van der Waals surface area (Å²) in [7, 11) is 1.66. The second kappa shape index (κ2) is 7.52. The first-order valence-corrected chi connectivity index (χ1v) is 9.05. The molecule has 136 valence electrons. The summed E-state index contributed by atoms with van der Waals surface area (Å²) in [5.41, 5.74) is 1.47. The van der Waals surface area contributed by atoms with Crippen LogP contribution in [0.4, 0.5) is 0 Å². The molecule has 2 fully saturated rings. The first-order valence-electron chi connectivity index (χ1n) is 9.05. The molecule has 1 aromatic heterocycles. The summed E-state index contributed by atoms with van der Waals surface area (Å²) in [4.78, 5) is 31.0. The highest BCUT2D eigenvalue weighted by Gasteiger charge is 2.50. The maximum atomic E-state index is 12.5. The van der Waals surface area contributed by atoms with E-state index in [4.69, 9.17) is 4.74 Å². The molecule has 2 amide bonds. The molecule has 1 saturated heterocycles. The van der Waals surface area contributed by atoms with Crippen molar-refractivity contribution in [2.45, 2.75) is 45.1 Å². The number of fused-ring (bicyclic) bond motifs is 1. The van der Waals surface area contributed by atoms with Crippen molar-refractivity contribution in [2.75, 3.05) is 26.8 Å². The molecule has 1 N–H and O–H groups in total. The predicted octanol–water partition coefficient (Wildman–Crippen LogP) is 1.93. The van der Waals surface area contributed by atoms with Gasteiger partial charge in [0.15, 0.2) is 0 Å². The summed E-state index contributed by atoms with van der Waals surface area (Å²) in [6, 6.07) is 3.86. The Morgan fingerprint density at radius 2 is 2.28 bits per heavy atom. The van der Waals surface area contributed by atoms with Gasteiger partial charge in [0, 0.05) is 50.0 Å². The van der Waals surface area contributed by atoms with Crippen molar-refractivity contribution in [2.24, 2.45) is 5.41 Å². The molecule has 0 aromatic carbocycles. The predicted molar refractivity (Wildman–Crippen MR) is 94.2 cm³/mol. The third kappa shape index (κ3) is 3.68. The highest BCUT2D eigenvalue weighted by molar-refractivity contribution is 5.93. The number of piperidine rings is 1. The SMILES string of the molecule is COCCN1C(=O)CCC2(CNC(=O)c3ccc(C)nc3)CCCC12. The summed E-state index contributed by atoms with van der Waals surface area (Å²) >= 11 is 0. The van der Waals surface area contributed by atoms with Gasteiger partial charge in [-0.3, -0.25) is 14.6 Å². The van der Waals surface area contributed by atoms with Crippen molar-refractivity contribution >= 4 is 11.8 Å². The van der Waals surface area contributed by atoms with Gasteiger partial charge in [0.1, 0.15) is 0 Å². The van der Waals surface area contributed by atoms with Crippen molar-refractivity contribution < 1.29 is 14.3 Å². The average molecular weight is 345 g/mol.